The molecular weight excluding hydrogens is 306 g/mol. The van der Waals surface area contributed by atoms with Crippen LogP contribution in [0.15, 0.2) is 39.5 Å². The summed E-state index contributed by atoms with van der Waals surface area (Å²) in [6.07, 6.45) is -6.90. The number of ether oxygens (including phenoxy) is 1. The molecule has 1 aromatic heterocycles. The van der Waals surface area contributed by atoms with Gasteiger partial charge in [-0.1, -0.05) is 0 Å². The molecule has 1 fully saturated rings. The molecule has 0 spiro atoms. The van der Waals surface area contributed by atoms with Crippen LogP contribution in [-0.4, -0.2) is 57.7 Å². The summed E-state index contributed by atoms with van der Waals surface area (Å²) in [5.41, 5.74) is 0.557. The molecule has 23 heavy (non-hydrogen) atoms. The molecular formula is C15H17NO7. The number of hydrogen-bond acceptors (Lipinski definition) is 8. The summed E-state index contributed by atoms with van der Waals surface area (Å²) in [6, 6.07) is 8.10. The van der Waals surface area contributed by atoms with Crippen LogP contribution >= 0.6 is 0 Å². The number of aliphatic hydroxyl groups is 4. The summed E-state index contributed by atoms with van der Waals surface area (Å²) < 4.78 is 10.1. The minimum atomic E-state index is -1.57. The second-order valence-corrected chi connectivity index (χ2v) is 5.42. The first kappa shape index (κ1) is 15.9. The molecule has 0 radical (unpaired) electrons. The van der Waals surface area contributed by atoms with Crippen molar-refractivity contribution in [3.63, 3.8) is 0 Å². The highest BCUT2D eigenvalue weighted by Crippen LogP contribution is 2.22. The second kappa shape index (κ2) is 6.26. The summed E-state index contributed by atoms with van der Waals surface area (Å²) in [5.74, 6) is 0. The lowest BCUT2D eigenvalue weighted by Gasteiger charge is -2.38. The molecule has 2 heterocycles. The Bertz CT molecular complexity index is 746. The topological polar surface area (TPSA) is 132 Å². The Kier molecular flexibility index (Phi) is 4.33. The Balaban J connectivity index is 1.71. The smallest absolute Gasteiger partial charge is 0.336 e. The van der Waals surface area contributed by atoms with Gasteiger partial charge < -0.3 is 34.9 Å². The third-order valence-corrected chi connectivity index (χ3v) is 3.82. The minimum absolute atomic E-state index is 0.0740. The standard InChI is InChI=1S/C15H17NO7/c17-11-4-2-7-1-3-8(5-9(7)22-11)16-6-10-12(18)13(19)14(20)15(21)23-10/h1-5,10,12-16,18-21H,6H2/t10?,12-,13+,14?,15-/m1/s1. The number of fused-ring (bicyclic) bond motifs is 1. The van der Waals surface area contributed by atoms with Crippen LogP contribution in [0.1, 0.15) is 0 Å². The van der Waals surface area contributed by atoms with Gasteiger partial charge in [0.1, 0.15) is 30.0 Å². The van der Waals surface area contributed by atoms with Gasteiger partial charge in [-0.05, 0) is 18.2 Å². The van der Waals surface area contributed by atoms with Crippen LogP contribution in [0, 0.1) is 0 Å². The predicted octanol–water partition coefficient (Wildman–Crippen LogP) is -0.995. The van der Waals surface area contributed by atoms with E-state index < -0.39 is 36.3 Å². The fourth-order valence-electron chi connectivity index (χ4n) is 2.49. The molecule has 0 amide bonds. The molecule has 5 atom stereocenters. The van der Waals surface area contributed by atoms with Crippen molar-refractivity contribution in [2.24, 2.45) is 0 Å². The summed E-state index contributed by atoms with van der Waals surface area (Å²) in [6.45, 7) is 0.0740. The maximum Gasteiger partial charge on any atom is 0.336 e. The first-order chi connectivity index (χ1) is 11.0. The normalized spacial score (nSPS) is 31.2. The van der Waals surface area contributed by atoms with E-state index in [1.165, 1.54) is 6.07 Å². The molecule has 1 aliphatic rings. The van der Waals surface area contributed by atoms with Crippen molar-refractivity contribution >= 4 is 16.7 Å². The van der Waals surface area contributed by atoms with Gasteiger partial charge in [0.2, 0.25) is 0 Å². The van der Waals surface area contributed by atoms with Gasteiger partial charge in [0.25, 0.3) is 0 Å². The van der Waals surface area contributed by atoms with E-state index in [1.54, 1.807) is 24.3 Å². The van der Waals surface area contributed by atoms with Crippen LogP contribution in [0.3, 0.4) is 0 Å². The lowest BCUT2D eigenvalue weighted by Crippen LogP contribution is -2.59. The van der Waals surface area contributed by atoms with Gasteiger partial charge in [-0.15, -0.1) is 0 Å². The molecule has 0 aliphatic carbocycles. The van der Waals surface area contributed by atoms with Crippen molar-refractivity contribution < 1.29 is 29.6 Å². The maximum absolute atomic E-state index is 11.2. The average molecular weight is 323 g/mol. The summed E-state index contributed by atoms with van der Waals surface area (Å²) in [4.78, 5) is 11.2. The molecule has 1 saturated heterocycles. The highest BCUT2D eigenvalue weighted by molar-refractivity contribution is 5.80. The third kappa shape index (κ3) is 3.21. The SMILES string of the molecule is O=c1ccc2ccc(NCC3O[C@@H](O)C(O)[C@@H](O)[C@@H]3O)cc2o1. The van der Waals surface area contributed by atoms with E-state index in [-0.39, 0.29) is 6.54 Å². The number of aliphatic hydroxyl groups excluding tert-OH is 4. The monoisotopic (exact) mass is 323 g/mol. The zero-order valence-electron chi connectivity index (χ0n) is 12.0. The van der Waals surface area contributed by atoms with E-state index in [0.717, 1.165) is 5.39 Å². The number of rotatable bonds is 3. The van der Waals surface area contributed by atoms with Crippen LogP contribution < -0.4 is 10.9 Å². The highest BCUT2D eigenvalue weighted by Gasteiger charge is 2.42. The van der Waals surface area contributed by atoms with Crippen molar-refractivity contribution in [2.75, 3.05) is 11.9 Å². The van der Waals surface area contributed by atoms with Crippen molar-refractivity contribution in [3.8, 4) is 0 Å². The van der Waals surface area contributed by atoms with Gasteiger partial charge in [-0.25, -0.2) is 4.79 Å². The van der Waals surface area contributed by atoms with Gasteiger partial charge in [0.05, 0.1) is 0 Å². The van der Waals surface area contributed by atoms with Gasteiger partial charge >= 0.3 is 5.63 Å². The van der Waals surface area contributed by atoms with Gasteiger partial charge in [0.15, 0.2) is 6.29 Å². The molecule has 0 bridgehead atoms. The highest BCUT2D eigenvalue weighted by atomic mass is 16.6. The molecule has 0 saturated carbocycles. The Morgan fingerprint density at radius 3 is 2.52 bits per heavy atom. The van der Waals surface area contributed by atoms with Crippen molar-refractivity contribution in [2.45, 2.75) is 30.7 Å². The molecule has 8 heteroatoms. The Hall–Kier alpha value is -1.97. The van der Waals surface area contributed by atoms with Crippen LogP contribution in [0.4, 0.5) is 5.69 Å². The van der Waals surface area contributed by atoms with E-state index in [4.69, 9.17) is 9.15 Å². The molecule has 2 unspecified atom stereocenters. The lowest BCUT2D eigenvalue weighted by molar-refractivity contribution is -0.278. The molecule has 3 rings (SSSR count). The number of hydrogen-bond donors (Lipinski definition) is 5. The molecule has 5 N–H and O–H groups in total. The van der Waals surface area contributed by atoms with Crippen LogP contribution in [0.5, 0.6) is 0 Å². The van der Waals surface area contributed by atoms with Crippen molar-refractivity contribution in [1.29, 1.82) is 0 Å². The second-order valence-electron chi connectivity index (χ2n) is 5.42. The Labute approximate surface area is 130 Å². The Morgan fingerprint density at radius 2 is 1.74 bits per heavy atom. The third-order valence-electron chi connectivity index (χ3n) is 3.82. The van der Waals surface area contributed by atoms with Gasteiger partial charge in [-0.2, -0.15) is 0 Å². The number of benzene rings is 1. The van der Waals surface area contributed by atoms with E-state index >= 15 is 0 Å². The predicted molar refractivity (Wildman–Crippen MR) is 79.9 cm³/mol. The van der Waals surface area contributed by atoms with Gasteiger partial charge in [-0.3, -0.25) is 0 Å². The van der Waals surface area contributed by atoms with E-state index in [9.17, 15) is 25.2 Å². The zero-order valence-corrected chi connectivity index (χ0v) is 12.0. The minimum Gasteiger partial charge on any atom is -0.423 e. The molecule has 2 aromatic rings. The first-order valence-electron chi connectivity index (χ1n) is 7.11. The van der Waals surface area contributed by atoms with Crippen LogP contribution in [0.25, 0.3) is 11.0 Å². The number of anilines is 1. The lowest BCUT2D eigenvalue weighted by atomic mass is 9.99. The fourth-order valence-corrected chi connectivity index (χ4v) is 2.49. The quantitative estimate of drug-likeness (QED) is 0.455. The zero-order chi connectivity index (χ0) is 16.6. The summed E-state index contributed by atoms with van der Waals surface area (Å²) in [5, 5.41) is 42.1. The van der Waals surface area contributed by atoms with Crippen LogP contribution in [0.2, 0.25) is 0 Å². The van der Waals surface area contributed by atoms with E-state index in [1.807, 2.05) is 0 Å². The van der Waals surface area contributed by atoms with Crippen molar-refractivity contribution in [1.82, 2.24) is 0 Å². The first-order valence-corrected chi connectivity index (χ1v) is 7.11. The maximum atomic E-state index is 11.2. The fraction of sp³-hybridized carbons (Fsp3) is 0.400. The molecule has 124 valence electrons. The van der Waals surface area contributed by atoms with E-state index in [2.05, 4.69) is 5.32 Å². The Morgan fingerprint density at radius 1 is 1.00 bits per heavy atom. The van der Waals surface area contributed by atoms with Crippen LogP contribution in [-0.2, 0) is 4.74 Å². The molecule has 1 aromatic carbocycles. The largest absolute Gasteiger partial charge is 0.423 e. The summed E-state index contributed by atoms with van der Waals surface area (Å²) in [7, 11) is 0. The number of nitrogens with one attached hydrogen (secondary N) is 1. The molecule has 1 aliphatic heterocycles. The van der Waals surface area contributed by atoms with E-state index in [0.29, 0.717) is 11.3 Å². The molecule has 8 nitrogen and oxygen atoms in total. The van der Waals surface area contributed by atoms with Gasteiger partial charge in [0, 0.05) is 29.8 Å². The average Bonchev–Trinajstić information content (AvgIpc) is 2.54. The van der Waals surface area contributed by atoms with Crippen molar-refractivity contribution in [3.05, 3.63) is 40.8 Å². The summed E-state index contributed by atoms with van der Waals surface area (Å²) >= 11 is 0.